The highest BCUT2D eigenvalue weighted by Crippen LogP contribution is 2.23. The van der Waals surface area contributed by atoms with E-state index in [1.807, 2.05) is 29.2 Å². The van der Waals surface area contributed by atoms with Gasteiger partial charge in [0.15, 0.2) is 0 Å². The maximum absolute atomic E-state index is 12.8. The van der Waals surface area contributed by atoms with E-state index in [9.17, 15) is 4.79 Å². The molecule has 3 heterocycles. The molecule has 1 amide bonds. The number of hydrogen-bond donors (Lipinski definition) is 0. The van der Waals surface area contributed by atoms with Crippen LogP contribution in [-0.2, 0) is 0 Å². The molecule has 5 heteroatoms. The third-order valence-corrected chi connectivity index (χ3v) is 5.25. The molecular weight excluding hydrogens is 326 g/mol. The Kier molecular flexibility index (Phi) is 5.04. The lowest BCUT2D eigenvalue weighted by atomic mass is 10.1. The van der Waals surface area contributed by atoms with Crippen LogP contribution < -0.4 is 9.64 Å². The molecule has 0 atom stereocenters. The zero-order chi connectivity index (χ0) is 17.8. The third kappa shape index (κ3) is 3.82. The monoisotopic (exact) mass is 351 g/mol. The minimum absolute atomic E-state index is 0.123. The van der Waals surface area contributed by atoms with Crippen LogP contribution in [0.25, 0.3) is 0 Å². The van der Waals surface area contributed by atoms with Gasteiger partial charge in [0.1, 0.15) is 11.9 Å². The topological polar surface area (TPSA) is 45.7 Å². The number of rotatable bonds is 4. The molecule has 2 fully saturated rings. The molecule has 0 saturated carbocycles. The van der Waals surface area contributed by atoms with E-state index in [1.54, 1.807) is 12.4 Å². The molecule has 0 radical (unpaired) electrons. The zero-order valence-corrected chi connectivity index (χ0v) is 15.0. The molecule has 0 bridgehead atoms. The van der Waals surface area contributed by atoms with Gasteiger partial charge in [0.25, 0.3) is 5.91 Å². The van der Waals surface area contributed by atoms with Gasteiger partial charge in [-0.3, -0.25) is 9.78 Å². The molecule has 0 unspecified atom stereocenters. The SMILES string of the molecule is O=C(c1ccc(N2CCCC2)cc1)N1CCC(Oc2cccnc2)CC1. The molecule has 26 heavy (non-hydrogen) atoms. The van der Waals surface area contributed by atoms with Crippen LogP contribution in [0.3, 0.4) is 0 Å². The van der Waals surface area contributed by atoms with Gasteiger partial charge in [0, 0.05) is 56.5 Å². The molecule has 136 valence electrons. The maximum Gasteiger partial charge on any atom is 0.253 e. The number of hydrogen-bond acceptors (Lipinski definition) is 4. The fraction of sp³-hybridized carbons (Fsp3) is 0.429. The van der Waals surface area contributed by atoms with Crippen molar-refractivity contribution in [1.29, 1.82) is 0 Å². The van der Waals surface area contributed by atoms with E-state index < -0.39 is 0 Å². The van der Waals surface area contributed by atoms with E-state index in [2.05, 4.69) is 22.0 Å². The van der Waals surface area contributed by atoms with Crippen molar-refractivity contribution in [3.8, 4) is 5.75 Å². The number of carbonyl (C=O) groups is 1. The number of likely N-dealkylation sites (tertiary alicyclic amines) is 1. The van der Waals surface area contributed by atoms with Gasteiger partial charge < -0.3 is 14.5 Å². The Balaban J connectivity index is 1.31. The van der Waals surface area contributed by atoms with Gasteiger partial charge in [-0.25, -0.2) is 0 Å². The molecular formula is C21H25N3O2. The lowest BCUT2D eigenvalue weighted by Gasteiger charge is -2.32. The summed E-state index contributed by atoms with van der Waals surface area (Å²) in [6.45, 7) is 3.71. The number of nitrogens with zero attached hydrogens (tertiary/aromatic N) is 3. The molecule has 0 N–H and O–H groups in total. The summed E-state index contributed by atoms with van der Waals surface area (Å²) in [5, 5.41) is 0. The molecule has 0 spiro atoms. The second kappa shape index (κ2) is 7.77. The minimum Gasteiger partial charge on any atom is -0.489 e. The first-order valence-electron chi connectivity index (χ1n) is 9.50. The Labute approximate surface area is 154 Å². The van der Waals surface area contributed by atoms with Crippen LogP contribution in [0.5, 0.6) is 5.75 Å². The van der Waals surface area contributed by atoms with E-state index in [1.165, 1.54) is 18.5 Å². The van der Waals surface area contributed by atoms with Gasteiger partial charge in [-0.2, -0.15) is 0 Å². The fourth-order valence-electron chi connectivity index (χ4n) is 3.76. The second-order valence-corrected chi connectivity index (χ2v) is 7.04. The first-order valence-corrected chi connectivity index (χ1v) is 9.50. The number of anilines is 1. The Morgan fingerprint density at radius 3 is 2.38 bits per heavy atom. The van der Waals surface area contributed by atoms with Gasteiger partial charge in [0.2, 0.25) is 0 Å². The zero-order valence-electron chi connectivity index (χ0n) is 15.0. The lowest BCUT2D eigenvalue weighted by Crippen LogP contribution is -2.41. The normalized spacial score (nSPS) is 18.2. The summed E-state index contributed by atoms with van der Waals surface area (Å²) < 4.78 is 5.96. The maximum atomic E-state index is 12.8. The van der Waals surface area contributed by atoms with Crippen LogP contribution in [0, 0.1) is 0 Å². The van der Waals surface area contributed by atoms with Crippen molar-refractivity contribution in [1.82, 2.24) is 9.88 Å². The molecule has 4 rings (SSSR count). The molecule has 1 aromatic carbocycles. The molecule has 1 aromatic heterocycles. The lowest BCUT2D eigenvalue weighted by molar-refractivity contribution is 0.0595. The van der Waals surface area contributed by atoms with Gasteiger partial charge in [-0.1, -0.05) is 0 Å². The summed E-state index contributed by atoms with van der Waals surface area (Å²) in [6.07, 6.45) is 7.86. The van der Waals surface area contributed by atoms with Crippen LogP contribution in [-0.4, -0.2) is 48.1 Å². The van der Waals surface area contributed by atoms with E-state index in [-0.39, 0.29) is 12.0 Å². The minimum atomic E-state index is 0.123. The predicted octanol–water partition coefficient (Wildman–Crippen LogP) is 3.37. The summed E-state index contributed by atoms with van der Waals surface area (Å²) in [7, 11) is 0. The summed E-state index contributed by atoms with van der Waals surface area (Å²) in [5.41, 5.74) is 2.00. The van der Waals surface area contributed by atoms with Crippen molar-refractivity contribution in [3.63, 3.8) is 0 Å². The number of piperidine rings is 1. The number of carbonyl (C=O) groups excluding carboxylic acids is 1. The van der Waals surface area contributed by atoms with Crippen molar-refractivity contribution in [2.45, 2.75) is 31.8 Å². The predicted molar refractivity (Wildman–Crippen MR) is 102 cm³/mol. The van der Waals surface area contributed by atoms with Crippen molar-refractivity contribution >= 4 is 11.6 Å². The van der Waals surface area contributed by atoms with Crippen molar-refractivity contribution < 1.29 is 9.53 Å². The number of aromatic nitrogens is 1. The summed E-state index contributed by atoms with van der Waals surface area (Å²) in [6, 6.07) is 11.9. The van der Waals surface area contributed by atoms with Crippen molar-refractivity contribution in [3.05, 3.63) is 54.4 Å². The number of benzene rings is 1. The Morgan fingerprint density at radius 1 is 1.00 bits per heavy atom. The number of amides is 1. The van der Waals surface area contributed by atoms with Gasteiger partial charge in [0.05, 0.1) is 6.20 Å². The van der Waals surface area contributed by atoms with Crippen LogP contribution in [0.2, 0.25) is 0 Å². The Morgan fingerprint density at radius 2 is 1.73 bits per heavy atom. The van der Waals surface area contributed by atoms with Crippen LogP contribution in [0.1, 0.15) is 36.0 Å². The van der Waals surface area contributed by atoms with E-state index >= 15 is 0 Å². The van der Waals surface area contributed by atoms with E-state index in [0.717, 1.165) is 50.3 Å². The average Bonchev–Trinajstić information content (AvgIpc) is 3.24. The molecule has 2 aliphatic rings. The Hall–Kier alpha value is -2.56. The van der Waals surface area contributed by atoms with Crippen molar-refractivity contribution in [2.75, 3.05) is 31.1 Å². The Bertz CT molecular complexity index is 719. The smallest absolute Gasteiger partial charge is 0.253 e. The first kappa shape index (κ1) is 16.9. The van der Waals surface area contributed by atoms with E-state index in [4.69, 9.17) is 4.74 Å². The third-order valence-electron chi connectivity index (χ3n) is 5.25. The molecule has 5 nitrogen and oxygen atoms in total. The van der Waals surface area contributed by atoms with E-state index in [0.29, 0.717) is 0 Å². The van der Waals surface area contributed by atoms with Crippen LogP contribution in [0.4, 0.5) is 5.69 Å². The second-order valence-electron chi connectivity index (χ2n) is 7.04. The van der Waals surface area contributed by atoms with Gasteiger partial charge >= 0.3 is 0 Å². The number of pyridine rings is 1. The summed E-state index contributed by atoms with van der Waals surface area (Å²) >= 11 is 0. The summed E-state index contributed by atoms with van der Waals surface area (Å²) in [5.74, 6) is 0.924. The highest BCUT2D eigenvalue weighted by Gasteiger charge is 2.25. The number of ether oxygens (including phenoxy) is 1. The molecule has 2 saturated heterocycles. The van der Waals surface area contributed by atoms with Crippen LogP contribution in [0.15, 0.2) is 48.8 Å². The largest absolute Gasteiger partial charge is 0.489 e. The molecule has 2 aliphatic heterocycles. The standard InChI is InChI=1S/C21H25N3O2/c25-21(17-5-7-18(8-6-17)23-12-1-2-13-23)24-14-9-19(10-15-24)26-20-4-3-11-22-16-20/h3-8,11,16,19H,1-2,9-10,12-15H2. The summed E-state index contributed by atoms with van der Waals surface area (Å²) in [4.78, 5) is 21.2. The van der Waals surface area contributed by atoms with Gasteiger partial charge in [-0.05, 0) is 49.2 Å². The molecule has 2 aromatic rings. The quantitative estimate of drug-likeness (QED) is 0.847. The molecule has 0 aliphatic carbocycles. The fourth-order valence-corrected chi connectivity index (χ4v) is 3.76. The van der Waals surface area contributed by atoms with Gasteiger partial charge in [-0.15, -0.1) is 0 Å². The average molecular weight is 351 g/mol. The highest BCUT2D eigenvalue weighted by molar-refractivity contribution is 5.94. The van der Waals surface area contributed by atoms with Crippen LogP contribution >= 0.6 is 0 Å². The first-order chi connectivity index (χ1) is 12.8. The highest BCUT2D eigenvalue weighted by atomic mass is 16.5. The van der Waals surface area contributed by atoms with Crippen molar-refractivity contribution in [2.24, 2.45) is 0 Å².